The van der Waals surface area contributed by atoms with Crippen molar-refractivity contribution in [3.05, 3.63) is 34.9 Å². The minimum absolute atomic E-state index is 0.0807. The highest BCUT2D eigenvalue weighted by Crippen LogP contribution is 2.55. The Labute approximate surface area is 162 Å². The molecule has 144 valence electrons. The van der Waals surface area contributed by atoms with Crippen LogP contribution in [0.15, 0.2) is 34.9 Å². The van der Waals surface area contributed by atoms with Gasteiger partial charge in [-0.25, -0.2) is 0 Å². The molecule has 0 aromatic carbocycles. The van der Waals surface area contributed by atoms with Crippen LogP contribution in [0.2, 0.25) is 0 Å². The van der Waals surface area contributed by atoms with Crippen molar-refractivity contribution >= 4 is 5.78 Å². The van der Waals surface area contributed by atoms with Crippen molar-refractivity contribution in [3.63, 3.8) is 0 Å². The summed E-state index contributed by atoms with van der Waals surface area (Å²) in [4.78, 5) is 12.9. The van der Waals surface area contributed by atoms with Crippen LogP contribution in [-0.4, -0.2) is 17.5 Å². The lowest BCUT2D eigenvalue weighted by molar-refractivity contribution is -0.125. The van der Waals surface area contributed by atoms with Gasteiger partial charge in [0.25, 0.3) is 0 Å². The van der Waals surface area contributed by atoms with E-state index in [0.717, 1.165) is 32.1 Å². The van der Waals surface area contributed by atoms with Gasteiger partial charge in [0.05, 0.1) is 6.07 Å². The monoisotopic (exact) mass is 365 g/mol. The molecule has 0 aromatic rings. The average molecular weight is 366 g/mol. The normalized spacial score (nSPS) is 37.4. The van der Waals surface area contributed by atoms with E-state index in [0.29, 0.717) is 36.5 Å². The number of fused-ring (bicyclic) bond motifs is 4. The summed E-state index contributed by atoms with van der Waals surface area (Å²) in [5, 5.41) is 18.8. The molecule has 0 radical (unpaired) electrons. The Bertz CT molecular complexity index is 745. The third kappa shape index (κ3) is 3.03. The molecular formula is C24H31NO2. The highest BCUT2D eigenvalue weighted by Gasteiger charge is 2.47. The van der Waals surface area contributed by atoms with Gasteiger partial charge in [-0.05, 0) is 91.4 Å². The molecular weight excluding hydrogens is 334 g/mol. The van der Waals surface area contributed by atoms with E-state index in [4.69, 9.17) is 5.26 Å². The van der Waals surface area contributed by atoms with Crippen molar-refractivity contribution in [2.75, 3.05) is 6.61 Å². The number of hydrogen-bond acceptors (Lipinski definition) is 3. The molecule has 4 aliphatic rings. The Balaban J connectivity index is 1.72. The minimum Gasteiger partial charge on any atom is -0.396 e. The lowest BCUT2D eigenvalue weighted by Gasteiger charge is -2.43. The van der Waals surface area contributed by atoms with Crippen LogP contribution in [0, 0.1) is 40.4 Å². The zero-order valence-corrected chi connectivity index (χ0v) is 16.4. The number of rotatable bonds is 5. The standard InChI is InChI=1S/C24H31NO2/c1-2-10-24(11-13-26)15-22-17(14-23(24)27)4-6-20-19-5-3-16(9-12-25)18(19)7-8-21(20)22/h7-8,14,16,18-20,26H,2-6,9-11,13,15H2,1H3/t16-,18+,19+,20-,24?/m0/s1. The Morgan fingerprint density at radius 2 is 2.15 bits per heavy atom. The predicted octanol–water partition coefficient (Wildman–Crippen LogP) is 4.89. The zero-order valence-electron chi connectivity index (χ0n) is 16.4. The number of hydrogen-bond donors (Lipinski definition) is 1. The van der Waals surface area contributed by atoms with E-state index in [9.17, 15) is 9.90 Å². The molecule has 5 atom stereocenters. The molecule has 4 aliphatic carbocycles. The second-order valence-electron chi connectivity index (χ2n) is 9.09. The molecule has 0 bridgehead atoms. The number of nitriles is 1. The maximum atomic E-state index is 12.9. The first-order chi connectivity index (χ1) is 13.1. The van der Waals surface area contributed by atoms with Gasteiger partial charge in [0.15, 0.2) is 5.78 Å². The molecule has 4 rings (SSSR count). The van der Waals surface area contributed by atoms with E-state index in [2.05, 4.69) is 25.1 Å². The smallest absolute Gasteiger partial charge is 0.162 e. The molecule has 0 saturated heterocycles. The molecule has 0 amide bonds. The number of allylic oxidation sites excluding steroid dienone is 6. The number of ketones is 1. The average Bonchev–Trinajstić information content (AvgIpc) is 3.07. The van der Waals surface area contributed by atoms with Crippen LogP contribution in [-0.2, 0) is 4.79 Å². The van der Waals surface area contributed by atoms with Gasteiger partial charge in [0, 0.05) is 18.4 Å². The quantitative estimate of drug-likeness (QED) is 0.755. The molecule has 1 fully saturated rings. The summed E-state index contributed by atoms with van der Waals surface area (Å²) in [6.07, 6.45) is 15.1. The van der Waals surface area contributed by atoms with Crippen LogP contribution >= 0.6 is 0 Å². The first-order valence-corrected chi connectivity index (χ1v) is 10.8. The van der Waals surface area contributed by atoms with E-state index < -0.39 is 5.41 Å². The van der Waals surface area contributed by atoms with Crippen LogP contribution in [0.4, 0.5) is 0 Å². The molecule has 1 saturated carbocycles. The van der Waals surface area contributed by atoms with E-state index in [1.54, 1.807) is 0 Å². The first-order valence-electron chi connectivity index (χ1n) is 10.8. The summed E-state index contributed by atoms with van der Waals surface area (Å²) < 4.78 is 0. The molecule has 3 nitrogen and oxygen atoms in total. The van der Waals surface area contributed by atoms with Crippen LogP contribution in [0.1, 0.15) is 64.7 Å². The maximum Gasteiger partial charge on any atom is 0.162 e. The molecule has 0 spiro atoms. The van der Waals surface area contributed by atoms with Crippen LogP contribution in [0.25, 0.3) is 0 Å². The second kappa shape index (κ2) is 7.40. The Hall–Kier alpha value is -1.66. The Morgan fingerprint density at radius 1 is 1.30 bits per heavy atom. The molecule has 1 N–H and O–H groups in total. The van der Waals surface area contributed by atoms with Crippen molar-refractivity contribution in [1.82, 2.24) is 0 Å². The minimum atomic E-state index is -0.402. The number of carbonyl (C=O) groups excluding carboxylic acids is 1. The van der Waals surface area contributed by atoms with E-state index in [-0.39, 0.29) is 12.4 Å². The summed E-state index contributed by atoms with van der Waals surface area (Å²) in [7, 11) is 0. The number of carbonyl (C=O) groups is 1. The van der Waals surface area contributed by atoms with Crippen LogP contribution in [0.3, 0.4) is 0 Å². The first kappa shape index (κ1) is 18.7. The molecule has 0 aliphatic heterocycles. The third-order valence-electron chi connectivity index (χ3n) is 7.80. The topological polar surface area (TPSA) is 61.1 Å². The van der Waals surface area contributed by atoms with E-state index >= 15 is 0 Å². The third-order valence-corrected chi connectivity index (χ3v) is 7.80. The van der Waals surface area contributed by atoms with Gasteiger partial charge < -0.3 is 5.11 Å². The summed E-state index contributed by atoms with van der Waals surface area (Å²) >= 11 is 0. The second-order valence-corrected chi connectivity index (χ2v) is 9.09. The summed E-state index contributed by atoms with van der Waals surface area (Å²) in [5.74, 6) is 2.60. The van der Waals surface area contributed by atoms with E-state index in [1.165, 1.54) is 29.6 Å². The van der Waals surface area contributed by atoms with Crippen molar-refractivity contribution in [3.8, 4) is 6.07 Å². The fourth-order valence-corrected chi connectivity index (χ4v) is 6.53. The number of nitrogens with zero attached hydrogens (tertiary/aromatic N) is 1. The highest BCUT2D eigenvalue weighted by molar-refractivity contribution is 5.98. The number of aliphatic hydroxyl groups is 1. The largest absolute Gasteiger partial charge is 0.396 e. The van der Waals surface area contributed by atoms with Gasteiger partial charge in [-0.1, -0.05) is 25.5 Å². The number of aliphatic hydroxyl groups excluding tert-OH is 1. The Morgan fingerprint density at radius 3 is 2.89 bits per heavy atom. The van der Waals surface area contributed by atoms with Gasteiger partial charge in [-0.15, -0.1) is 0 Å². The van der Waals surface area contributed by atoms with Gasteiger partial charge in [-0.2, -0.15) is 5.26 Å². The van der Waals surface area contributed by atoms with Gasteiger partial charge in [0.1, 0.15) is 0 Å². The molecule has 0 aromatic heterocycles. The van der Waals surface area contributed by atoms with Crippen molar-refractivity contribution < 1.29 is 9.90 Å². The highest BCUT2D eigenvalue weighted by atomic mass is 16.3. The van der Waals surface area contributed by atoms with Crippen molar-refractivity contribution in [1.29, 1.82) is 5.26 Å². The molecule has 3 heteroatoms. The summed E-state index contributed by atoms with van der Waals surface area (Å²) in [5.41, 5.74) is 3.73. The van der Waals surface area contributed by atoms with Crippen LogP contribution < -0.4 is 0 Å². The zero-order chi connectivity index (χ0) is 19.0. The van der Waals surface area contributed by atoms with Crippen molar-refractivity contribution in [2.24, 2.45) is 29.1 Å². The molecule has 1 unspecified atom stereocenters. The van der Waals surface area contributed by atoms with Crippen molar-refractivity contribution in [2.45, 2.75) is 64.7 Å². The molecule has 27 heavy (non-hydrogen) atoms. The van der Waals surface area contributed by atoms with Crippen LogP contribution in [0.5, 0.6) is 0 Å². The lowest BCUT2D eigenvalue weighted by Crippen LogP contribution is -2.38. The maximum absolute atomic E-state index is 12.9. The fraction of sp³-hybridized carbons (Fsp3) is 0.667. The summed E-state index contributed by atoms with van der Waals surface area (Å²) in [6, 6.07) is 2.39. The van der Waals surface area contributed by atoms with Gasteiger partial charge in [0.2, 0.25) is 0 Å². The molecule has 0 heterocycles. The SMILES string of the molecule is CCCC1(CCO)CC2=C3C=C[C@@H]4[C@H](CC#N)CC[C@H]4[C@@H]3CCC2=CC1=O. The fourth-order valence-electron chi connectivity index (χ4n) is 6.53. The summed E-state index contributed by atoms with van der Waals surface area (Å²) in [6.45, 7) is 2.21. The van der Waals surface area contributed by atoms with E-state index in [1.807, 2.05) is 6.08 Å². The predicted molar refractivity (Wildman–Crippen MR) is 106 cm³/mol. The lowest BCUT2D eigenvalue weighted by atomic mass is 9.60. The Kier molecular flexibility index (Phi) is 5.12. The van der Waals surface area contributed by atoms with Gasteiger partial charge in [-0.3, -0.25) is 4.79 Å². The van der Waals surface area contributed by atoms with Gasteiger partial charge >= 0.3 is 0 Å².